The van der Waals surface area contributed by atoms with Crippen LogP contribution in [0.1, 0.15) is 78.2 Å². The molecule has 0 bridgehead atoms. The molecule has 334 valence electrons. The van der Waals surface area contributed by atoms with Gasteiger partial charge in [-0.25, -0.2) is 0 Å². The molecule has 1 aliphatic heterocycles. The monoisotopic (exact) mass is 847 g/mol. The van der Waals surface area contributed by atoms with Gasteiger partial charge in [0, 0.05) is 25.9 Å². The number of carbonyl (C=O) groups excluding carboxylic acids is 7. The number of hydrogen-bond donors (Lipinski definition) is 12. The van der Waals surface area contributed by atoms with E-state index in [-0.39, 0.29) is 69.2 Å². The Labute approximate surface area is 348 Å². The van der Waals surface area contributed by atoms with Crippen LogP contribution >= 0.6 is 0 Å². The van der Waals surface area contributed by atoms with Crippen LogP contribution in [0.15, 0.2) is 29.3 Å². The molecule has 2 rings (SSSR count). The quantitative estimate of drug-likeness (QED) is 0.0273. The van der Waals surface area contributed by atoms with Crippen LogP contribution in [0.2, 0.25) is 0 Å². The number of aliphatic hydroxyl groups excluding tert-OH is 1. The second-order valence-electron chi connectivity index (χ2n) is 15.2. The number of carbonyl (C=O) groups is 8. The minimum absolute atomic E-state index is 0.0228. The van der Waals surface area contributed by atoms with Crippen molar-refractivity contribution in [2.24, 2.45) is 33.8 Å². The lowest BCUT2D eigenvalue weighted by molar-refractivity contribution is -0.144. The van der Waals surface area contributed by atoms with E-state index in [1.54, 1.807) is 13.8 Å². The Balaban J connectivity index is 2.30. The predicted octanol–water partition coefficient (Wildman–Crippen LogP) is -3.47. The van der Waals surface area contributed by atoms with Gasteiger partial charge in [-0.15, -0.1) is 0 Å². The first kappa shape index (κ1) is 50.1. The van der Waals surface area contributed by atoms with Crippen molar-refractivity contribution in [3.8, 4) is 5.75 Å². The number of benzene rings is 1. The maximum absolute atomic E-state index is 14.1. The molecular formula is C38H61N11O11. The first-order chi connectivity index (χ1) is 28.1. The molecule has 8 atom stereocenters. The van der Waals surface area contributed by atoms with Gasteiger partial charge < -0.3 is 69.7 Å². The van der Waals surface area contributed by atoms with Crippen molar-refractivity contribution in [1.29, 1.82) is 0 Å². The van der Waals surface area contributed by atoms with E-state index in [2.05, 4.69) is 31.6 Å². The number of guanidine groups is 1. The van der Waals surface area contributed by atoms with Gasteiger partial charge in [-0.3, -0.25) is 43.3 Å². The van der Waals surface area contributed by atoms with E-state index < -0.39 is 95.7 Å². The van der Waals surface area contributed by atoms with Gasteiger partial charge >= 0.3 is 5.97 Å². The highest BCUT2D eigenvalue weighted by Crippen LogP contribution is 2.21. The summed E-state index contributed by atoms with van der Waals surface area (Å²) in [5, 5.41) is 42.2. The van der Waals surface area contributed by atoms with Crippen LogP contribution in [-0.4, -0.2) is 135 Å². The molecule has 1 saturated heterocycles. The molecule has 0 saturated carbocycles. The van der Waals surface area contributed by atoms with Gasteiger partial charge in [-0.2, -0.15) is 0 Å². The summed E-state index contributed by atoms with van der Waals surface area (Å²) in [6.45, 7) is 6.28. The highest BCUT2D eigenvalue weighted by Gasteiger charge is 2.41. The van der Waals surface area contributed by atoms with Crippen LogP contribution in [0.4, 0.5) is 0 Å². The van der Waals surface area contributed by atoms with Crippen molar-refractivity contribution < 1.29 is 53.7 Å². The summed E-state index contributed by atoms with van der Waals surface area (Å²) in [5.74, 6) is -7.26. The number of phenolic OH excluding ortho intramolecular Hbond substituents is 1. The van der Waals surface area contributed by atoms with Crippen molar-refractivity contribution >= 4 is 53.3 Å². The lowest BCUT2D eigenvalue weighted by Gasteiger charge is -2.32. The molecular weight excluding hydrogens is 786 g/mol. The van der Waals surface area contributed by atoms with Gasteiger partial charge in [0.15, 0.2) is 5.96 Å². The zero-order valence-electron chi connectivity index (χ0n) is 34.4. The van der Waals surface area contributed by atoms with Gasteiger partial charge in [0.25, 0.3) is 0 Å². The summed E-state index contributed by atoms with van der Waals surface area (Å²) in [4.78, 5) is 109. The average Bonchev–Trinajstić information content (AvgIpc) is 3.66. The largest absolute Gasteiger partial charge is 0.508 e. The van der Waals surface area contributed by atoms with E-state index in [9.17, 15) is 53.7 Å². The number of nitrogens with one attached hydrogen (secondary N) is 5. The summed E-state index contributed by atoms with van der Waals surface area (Å²) >= 11 is 0. The number of hydrogen-bond acceptors (Lipinski definition) is 12. The fourth-order valence-electron chi connectivity index (χ4n) is 6.30. The Morgan fingerprint density at radius 3 is 1.98 bits per heavy atom. The predicted molar refractivity (Wildman–Crippen MR) is 217 cm³/mol. The third-order valence-corrected chi connectivity index (χ3v) is 9.58. The molecule has 0 unspecified atom stereocenters. The third-order valence-electron chi connectivity index (χ3n) is 9.58. The number of aliphatic hydroxyl groups is 1. The standard InChI is InChI=1S/C38H61N11O11/c1-19(2)17-26(33(55)44-20(3)37(59)60)47-32(54)25(13-14-29(40)52)45-35(57)28-8-6-16-49(28)36(58)30(21(4)50)48-34(56)27(18-22-9-11-23(51)12-10-22)46-31(53)24(39)7-5-15-43-38(41)42/h9-12,19-21,24-28,30,50-51H,5-8,13-18,39H2,1-4H3,(H2,40,52)(H,44,55)(H,45,57)(H,46,53)(H,47,54)(H,48,56)(H,59,60)(H4,41,42,43)/t20-,21+,24-,25-,26-,27-,28-,30-/m1/s1. The summed E-state index contributed by atoms with van der Waals surface area (Å²) < 4.78 is 0. The minimum atomic E-state index is -1.61. The fourth-order valence-corrected chi connectivity index (χ4v) is 6.30. The number of aliphatic imine (C=N–C) groups is 1. The third kappa shape index (κ3) is 16.7. The van der Waals surface area contributed by atoms with Crippen LogP contribution in [0, 0.1) is 5.92 Å². The number of carboxylic acid groups (broad SMARTS) is 1. The number of carboxylic acids is 1. The molecule has 22 heteroatoms. The second-order valence-corrected chi connectivity index (χ2v) is 15.2. The molecule has 7 amide bonds. The number of aliphatic carboxylic acids is 1. The van der Waals surface area contributed by atoms with E-state index in [1.165, 1.54) is 38.1 Å². The first-order valence-corrected chi connectivity index (χ1v) is 19.7. The molecule has 1 aliphatic rings. The maximum Gasteiger partial charge on any atom is 0.325 e. The van der Waals surface area contributed by atoms with Crippen molar-refractivity contribution in [2.45, 2.75) is 127 Å². The first-order valence-electron chi connectivity index (χ1n) is 19.7. The molecule has 0 aliphatic carbocycles. The number of rotatable bonds is 24. The van der Waals surface area contributed by atoms with Crippen LogP contribution in [0.25, 0.3) is 0 Å². The maximum atomic E-state index is 14.1. The highest BCUT2D eigenvalue weighted by atomic mass is 16.4. The molecule has 1 aromatic carbocycles. The van der Waals surface area contributed by atoms with E-state index in [4.69, 9.17) is 22.9 Å². The molecule has 1 aromatic rings. The lowest BCUT2D eigenvalue weighted by atomic mass is 10.0. The summed E-state index contributed by atoms with van der Waals surface area (Å²) in [6, 6.07) is -3.28. The van der Waals surface area contributed by atoms with E-state index >= 15 is 0 Å². The van der Waals surface area contributed by atoms with E-state index in [0.717, 1.165) is 4.90 Å². The molecule has 1 heterocycles. The van der Waals surface area contributed by atoms with Crippen LogP contribution in [0.3, 0.4) is 0 Å². The summed E-state index contributed by atoms with van der Waals surface area (Å²) in [6.07, 6.45) is -1.18. The Bertz CT molecular complexity index is 1700. The van der Waals surface area contributed by atoms with Gasteiger partial charge in [0.1, 0.15) is 42.0 Å². The number of phenols is 1. The molecule has 0 spiro atoms. The van der Waals surface area contributed by atoms with Crippen molar-refractivity contribution in [3.05, 3.63) is 29.8 Å². The summed E-state index contributed by atoms with van der Waals surface area (Å²) in [7, 11) is 0. The van der Waals surface area contributed by atoms with Gasteiger partial charge in [-0.05, 0) is 76.0 Å². The van der Waals surface area contributed by atoms with Gasteiger partial charge in [-0.1, -0.05) is 26.0 Å². The van der Waals surface area contributed by atoms with Crippen molar-refractivity contribution in [1.82, 2.24) is 31.5 Å². The number of nitrogens with two attached hydrogens (primary N) is 4. The van der Waals surface area contributed by atoms with Crippen LogP contribution in [-0.2, 0) is 44.8 Å². The molecule has 0 aromatic heterocycles. The smallest absolute Gasteiger partial charge is 0.325 e. The van der Waals surface area contributed by atoms with Crippen LogP contribution in [0.5, 0.6) is 5.75 Å². The highest BCUT2D eigenvalue weighted by molar-refractivity contribution is 5.97. The fraction of sp³-hybridized carbons (Fsp3) is 0.605. The number of nitrogens with zero attached hydrogens (tertiary/aromatic N) is 2. The number of aromatic hydroxyl groups is 1. The topological polar surface area (TPSA) is 377 Å². The molecule has 60 heavy (non-hydrogen) atoms. The van der Waals surface area contributed by atoms with Crippen molar-refractivity contribution in [2.75, 3.05) is 13.1 Å². The zero-order chi connectivity index (χ0) is 45.3. The number of amides is 7. The SMILES string of the molecule is CC(C)C[C@@H](NC(=O)[C@@H](CCC(N)=O)NC(=O)[C@H]1CCCN1C(=O)[C@H](NC(=O)[C@@H](Cc1ccc(O)cc1)NC(=O)[C@H](N)CCCN=C(N)N)[C@H](C)O)C(=O)N[C@H](C)C(=O)O. The molecule has 1 fully saturated rings. The number of likely N-dealkylation sites (tertiary alicyclic amines) is 1. The Kier molecular flexibility index (Phi) is 20.2. The average molecular weight is 848 g/mol. The number of primary amides is 1. The molecule has 0 radical (unpaired) electrons. The Hall–Kier alpha value is -6.03. The normalized spacial score (nSPS) is 17.1. The Morgan fingerprint density at radius 1 is 0.817 bits per heavy atom. The molecule has 16 N–H and O–H groups in total. The lowest BCUT2D eigenvalue weighted by Crippen LogP contribution is -2.61. The molecule has 22 nitrogen and oxygen atoms in total. The Morgan fingerprint density at radius 2 is 1.42 bits per heavy atom. The zero-order valence-corrected chi connectivity index (χ0v) is 34.4. The van der Waals surface area contributed by atoms with Crippen LogP contribution < -0.4 is 49.5 Å². The van der Waals surface area contributed by atoms with Gasteiger partial charge in [0.2, 0.25) is 41.4 Å². The van der Waals surface area contributed by atoms with Gasteiger partial charge in [0.05, 0.1) is 12.1 Å². The van der Waals surface area contributed by atoms with E-state index in [0.29, 0.717) is 18.4 Å². The minimum Gasteiger partial charge on any atom is -0.508 e. The second kappa shape index (κ2) is 24.1. The van der Waals surface area contributed by atoms with Crippen molar-refractivity contribution in [3.63, 3.8) is 0 Å². The summed E-state index contributed by atoms with van der Waals surface area (Å²) in [5.41, 5.74) is 22.6. The van der Waals surface area contributed by atoms with E-state index in [1.807, 2.05) is 0 Å².